The maximum Gasteiger partial charge on any atom is 0.366 e. The van der Waals surface area contributed by atoms with Gasteiger partial charge >= 0.3 is 5.97 Å². The van der Waals surface area contributed by atoms with Crippen LogP contribution in [-0.4, -0.2) is 21.0 Å². The Morgan fingerprint density at radius 2 is 1.81 bits per heavy atom. The molecule has 0 bridgehead atoms. The van der Waals surface area contributed by atoms with Crippen LogP contribution >= 0.6 is 0 Å². The second-order valence-electron chi connectivity index (χ2n) is 6.36. The highest BCUT2D eigenvalue weighted by molar-refractivity contribution is 5.90. The van der Waals surface area contributed by atoms with Gasteiger partial charge in [0, 0.05) is 0 Å². The summed E-state index contributed by atoms with van der Waals surface area (Å²) in [6.07, 6.45) is 3.42. The number of esters is 1. The second-order valence-corrected chi connectivity index (χ2v) is 6.36. The minimum atomic E-state index is -0.498. The number of benzene rings is 2. The van der Waals surface area contributed by atoms with Gasteiger partial charge in [-0.05, 0) is 56.0 Å². The van der Waals surface area contributed by atoms with Crippen LogP contribution in [-0.2, 0) is 6.42 Å². The smallest absolute Gasteiger partial charge is 0.366 e. The average molecular weight is 349 g/mol. The van der Waals surface area contributed by atoms with Crippen molar-refractivity contribution in [2.24, 2.45) is 0 Å². The van der Waals surface area contributed by atoms with E-state index < -0.39 is 5.97 Å². The lowest BCUT2D eigenvalue weighted by Gasteiger charge is -2.07. The van der Waals surface area contributed by atoms with Gasteiger partial charge in [0.1, 0.15) is 5.75 Å². The number of aryl methyl sites for hydroxylation is 2. The molecule has 0 fully saturated rings. The van der Waals surface area contributed by atoms with E-state index in [4.69, 9.17) is 4.74 Å². The molecule has 5 nitrogen and oxygen atoms in total. The molecule has 0 aliphatic rings. The van der Waals surface area contributed by atoms with Crippen molar-refractivity contribution in [3.05, 3.63) is 71.0 Å². The van der Waals surface area contributed by atoms with Gasteiger partial charge in [0.05, 0.1) is 11.4 Å². The molecule has 26 heavy (non-hydrogen) atoms. The maximum atomic E-state index is 12.5. The highest BCUT2D eigenvalue weighted by Crippen LogP contribution is 2.19. The van der Waals surface area contributed by atoms with Crippen LogP contribution in [0.1, 0.15) is 47.1 Å². The molecule has 1 heterocycles. The zero-order chi connectivity index (χ0) is 18.5. The summed E-state index contributed by atoms with van der Waals surface area (Å²) in [5, 5.41) is 8.16. The molecule has 0 atom stereocenters. The van der Waals surface area contributed by atoms with Gasteiger partial charge in [0.15, 0.2) is 5.69 Å². The Hall–Kier alpha value is -2.95. The molecule has 0 aliphatic carbocycles. The van der Waals surface area contributed by atoms with Crippen LogP contribution in [0.2, 0.25) is 0 Å². The van der Waals surface area contributed by atoms with Gasteiger partial charge in [-0.2, -0.15) is 0 Å². The molecule has 0 unspecified atom stereocenters. The van der Waals surface area contributed by atoms with Gasteiger partial charge in [-0.1, -0.05) is 48.9 Å². The van der Waals surface area contributed by atoms with Crippen LogP contribution in [0.3, 0.4) is 0 Å². The Morgan fingerprint density at radius 1 is 1.08 bits per heavy atom. The summed E-state index contributed by atoms with van der Waals surface area (Å²) in [6.45, 7) is 5.90. The van der Waals surface area contributed by atoms with Crippen LogP contribution in [0.5, 0.6) is 5.75 Å². The Kier molecular flexibility index (Phi) is 5.46. The Balaban J connectivity index is 1.79. The van der Waals surface area contributed by atoms with Crippen LogP contribution in [0.25, 0.3) is 5.69 Å². The van der Waals surface area contributed by atoms with Gasteiger partial charge in [0.2, 0.25) is 0 Å². The molecule has 134 valence electrons. The first-order chi connectivity index (χ1) is 12.6. The van der Waals surface area contributed by atoms with E-state index in [1.807, 2.05) is 44.2 Å². The number of nitrogens with zero attached hydrogens (tertiary/aromatic N) is 3. The monoisotopic (exact) mass is 349 g/mol. The second kappa shape index (κ2) is 7.95. The lowest BCUT2D eigenvalue weighted by atomic mass is 10.1. The van der Waals surface area contributed by atoms with Crippen molar-refractivity contribution in [3.63, 3.8) is 0 Å². The number of hydrogen-bond acceptors (Lipinski definition) is 4. The normalized spacial score (nSPS) is 10.7. The number of ether oxygens (including phenoxy) is 1. The van der Waals surface area contributed by atoms with Gasteiger partial charge in [-0.15, -0.1) is 5.10 Å². The highest BCUT2D eigenvalue weighted by atomic mass is 16.5. The maximum absolute atomic E-state index is 12.5. The first kappa shape index (κ1) is 17.9. The van der Waals surface area contributed by atoms with Crippen LogP contribution in [0, 0.1) is 13.8 Å². The third kappa shape index (κ3) is 3.82. The predicted octanol–water partition coefficient (Wildman–Crippen LogP) is 4.45. The zero-order valence-electron chi connectivity index (χ0n) is 15.4. The van der Waals surface area contributed by atoms with Crippen molar-refractivity contribution in [3.8, 4) is 11.4 Å². The van der Waals surface area contributed by atoms with Crippen molar-refractivity contribution in [2.45, 2.75) is 40.0 Å². The van der Waals surface area contributed by atoms with E-state index in [-0.39, 0.29) is 5.69 Å². The molecular weight excluding hydrogens is 326 g/mol. The van der Waals surface area contributed by atoms with Crippen molar-refractivity contribution in [1.29, 1.82) is 0 Å². The molecule has 3 aromatic rings. The number of hydrogen-bond donors (Lipinski definition) is 0. The van der Waals surface area contributed by atoms with Crippen molar-refractivity contribution in [2.75, 3.05) is 0 Å². The summed E-state index contributed by atoms with van der Waals surface area (Å²) in [6, 6.07) is 15.6. The van der Waals surface area contributed by atoms with Crippen LogP contribution in [0.4, 0.5) is 0 Å². The molecule has 0 spiro atoms. The molecule has 1 aromatic heterocycles. The highest BCUT2D eigenvalue weighted by Gasteiger charge is 2.20. The SMILES string of the molecule is CCCCc1ccc(-n2nnc(C(=O)Oc3ccccc3C)c2C)cc1. The van der Waals surface area contributed by atoms with E-state index in [9.17, 15) is 4.79 Å². The molecule has 0 saturated heterocycles. The van der Waals surface area contributed by atoms with Crippen LogP contribution < -0.4 is 4.74 Å². The predicted molar refractivity (Wildman–Crippen MR) is 101 cm³/mol. The quantitative estimate of drug-likeness (QED) is 0.487. The van der Waals surface area contributed by atoms with Gasteiger partial charge in [-0.25, -0.2) is 9.48 Å². The molecule has 3 rings (SSSR count). The summed E-state index contributed by atoms with van der Waals surface area (Å²) in [5.41, 5.74) is 3.96. The molecule has 0 aliphatic heterocycles. The summed E-state index contributed by atoms with van der Waals surface area (Å²) in [4.78, 5) is 12.5. The molecule has 0 radical (unpaired) electrons. The van der Waals surface area contributed by atoms with Crippen molar-refractivity contribution >= 4 is 5.97 Å². The number of carbonyl (C=O) groups is 1. The number of unbranched alkanes of at least 4 members (excludes halogenated alkanes) is 1. The molecule has 0 N–H and O–H groups in total. The Bertz CT molecular complexity index is 898. The lowest BCUT2D eigenvalue weighted by molar-refractivity contribution is 0.0726. The summed E-state index contributed by atoms with van der Waals surface area (Å²) >= 11 is 0. The summed E-state index contributed by atoms with van der Waals surface area (Å²) in [5.74, 6) is 0.0364. The number of rotatable bonds is 6. The number of para-hydroxylation sites is 1. The van der Waals surface area contributed by atoms with Crippen molar-refractivity contribution in [1.82, 2.24) is 15.0 Å². The summed E-state index contributed by atoms with van der Waals surface area (Å²) in [7, 11) is 0. The minimum Gasteiger partial charge on any atom is -0.421 e. The number of carbonyl (C=O) groups excluding carboxylic acids is 1. The number of aromatic nitrogens is 3. The van der Waals surface area contributed by atoms with E-state index in [2.05, 4.69) is 29.4 Å². The summed E-state index contributed by atoms with van der Waals surface area (Å²) < 4.78 is 7.13. The van der Waals surface area contributed by atoms with Gasteiger partial charge in [-0.3, -0.25) is 0 Å². The van der Waals surface area contributed by atoms with E-state index in [0.717, 1.165) is 17.7 Å². The molecule has 0 amide bonds. The first-order valence-corrected chi connectivity index (χ1v) is 8.89. The third-order valence-electron chi connectivity index (χ3n) is 4.38. The van der Waals surface area contributed by atoms with E-state index >= 15 is 0 Å². The fraction of sp³-hybridized carbons (Fsp3) is 0.286. The Labute approximate surface area is 153 Å². The van der Waals surface area contributed by atoms with E-state index in [0.29, 0.717) is 11.4 Å². The zero-order valence-corrected chi connectivity index (χ0v) is 15.4. The van der Waals surface area contributed by atoms with E-state index in [1.165, 1.54) is 18.4 Å². The van der Waals surface area contributed by atoms with E-state index in [1.54, 1.807) is 10.7 Å². The molecule has 5 heteroatoms. The fourth-order valence-electron chi connectivity index (χ4n) is 2.77. The third-order valence-corrected chi connectivity index (χ3v) is 4.38. The minimum absolute atomic E-state index is 0.225. The van der Waals surface area contributed by atoms with Crippen molar-refractivity contribution < 1.29 is 9.53 Å². The standard InChI is InChI=1S/C21H23N3O2/c1-4-5-9-17-11-13-18(14-12-17)24-16(3)20(22-23-24)21(25)26-19-10-7-6-8-15(19)2/h6-8,10-14H,4-5,9H2,1-3H3. The van der Waals surface area contributed by atoms with Gasteiger partial charge in [0.25, 0.3) is 0 Å². The largest absolute Gasteiger partial charge is 0.421 e. The molecular formula is C21H23N3O2. The topological polar surface area (TPSA) is 57.0 Å². The first-order valence-electron chi connectivity index (χ1n) is 8.89. The van der Waals surface area contributed by atoms with Crippen LogP contribution in [0.15, 0.2) is 48.5 Å². The lowest BCUT2D eigenvalue weighted by Crippen LogP contribution is -2.12. The Morgan fingerprint density at radius 3 is 2.50 bits per heavy atom. The van der Waals surface area contributed by atoms with Gasteiger partial charge < -0.3 is 4.74 Å². The average Bonchev–Trinajstić information content (AvgIpc) is 3.04. The molecule has 2 aromatic carbocycles. The fourth-order valence-corrected chi connectivity index (χ4v) is 2.77. The molecule has 0 saturated carbocycles.